The lowest BCUT2D eigenvalue weighted by atomic mass is 10.1. The van der Waals surface area contributed by atoms with Crippen molar-refractivity contribution in [2.24, 2.45) is 0 Å². The fourth-order valence-corrected chi connectivity index (χ4v) is 3.58. The van der Waals surface area contributed by atoms with Crippen LogP contribution in [-0.4, -0.2) is 22.8 Å². The predicted molar refractivity (Wildman–Crippen MR) is 107 cm³/mol. The van der Waals surface area contributed by atoms with Crippen LogP contribution in [0.5, 0.6) is 0 Å². The number of pyridine rings is 1. The standard InChI is InChI=1S/C22H27N3O2/c1-15-8-7-9-16(2)20(15)25-22(27)19-14-17(12-13-23-19)21(26)24-18-10-5-3-4-6-11-18/h7-9,12-14,18H,3-6,10-11H2,1-2H3,(H,24,26)(H,25,27). The van der Waals surface area contributed by atoms with Crippen LogP contribution in [0.25, 0.3) is 0 Å². The first kappa shape index (κ1) is 19.1. The number of carbonyl (C=O) groups is 2. The summed E-state index contributed by atoms with van der Waals surface area (Å²) in [5, 5.41) is 6.03. The van der Waals surface area contributed by atoms with Crippen molar-refractivity contribution in [3.05, 3.63) is 58.9 Å². The Labute approximate surface area is 160 Å². The van der Waals surface area contributed by atoms with E-state index in [2.05, 4.69) is 15.6 Å². The molecule has 2 amide bonds. The molecule has 1 aromatic heterocycles. The van der Waals surface area contributed by atoms with Crippen molar-refractivity contribution in [3.8, 4) is 0 Å². The van der Waals surface area contributed by atoms with Gasteiger partial charge in [-0.25, -0.2) is 0 Å². The average Bonchev–Trinajstić information content (AvgIpc) is 2.93. The van der Waals surface area contributed by atoms with E-state index in [1.807, 2.05) is 32.0 Å². The molecule has 27 heavy (non-hydrogen) atoms. The highest BCUT2D eigenvalue weighted by Crippen LogP contribution is 2.20. The summed E-state index contributed by atoms with van der Waals surface area (Å²) >= 11 is 0. The maximum atomic E-state index is 12.6. The lowest BCUT2D eigenvalue weighted by Gasteiger charge is -2.16. The van der Waals surface area contributed by atoms with Crippen LogP contribution in [-0.2, 0) is 0 Å². The molecule has 1 aliphatic rings. The van der Waals surface area contributed by atoms with Gasteiger partial charge in [0.2, 0.25) is 0 Å². The number of hydrogen-bond donors (Lipinski definition) is 2. The topological polar surface area (TPSA) is 71.1 Å². The van der Waals surface area contributed by atoms with Gasteiger partial charge in [0.1, 0.15) is 5.69 Å². The van der Waals surface area contributed by atoms with Crippen LogP contribution in [0.15, 0.2) is 36.5 Å². The Morgan fingerprint density at radius 1 is 0.963 bits per heavy atom. The second kappa shape index (κ2) is 8.80. The molecule has 0 spiro atoms. The van der Waals surface area contributed by atoms with E-state index >= 15 is 0 Å². The quantitative estimate of drug-likeness (QED) is 0.789. The third-order valence-electron chi connectivity index (χ3n) is 5.16. The summed E-state index contributed by atoms with van der Waals surface area (Å²) < 4.78 is 0. The van der Waals surface area contributed by atoms with Gasteiger partial charge in [0.05, 0.1) is 0 Å². The van der Waals surface area contributed by atoms with Gasteiger partial charge in [-0.05, 0) is 49.9 Å². The van der Waals surface area contributed by atoms with Crippen molar-refractivity contribution in [1.82, 2.24) is 10.3 Å². The summed E-state index contributed by atoms with van der Waals surface area (Å²) in [4.78, 5) is 29.4. The second-order valence-electron chi connectivity index (χ2n) is 7.31. The van der Waals surface area contributed by atoms with Crippen LogP contribution in [0.3, 0.4) is 0 Å². The molecule has 1 aliphatic carbocycles. The van der Waals surface area contributed by atoms with Gasteiger partial charge >= 0.3 is 0 Å². The summed E-state index contributed by atoms with van der Waals surface area (Å²) in [6.45, 7) is 3.90. The molecular weight excluding hydrogens is 338 g/mol. The Bertz CT molecular complexity index is 804. The highest BCUT2D eigenvalue weighted by Gasteiger charge is 2.18. The minimum absolute atomic E-state index is 0.134. The van der Waals surface area contributed by atoms with Gasteiger partial charge in [-0.2, -0.15) is 0 Å². The van der Waals surface area contributed by atoms with E-state index in [1.54, 1.807) is 12.1 Å². The van der Waals surface area contributed by atoms with Crippen LogP contribution in [0, 0.1) is 13.8 Å². The lowest BCUT2D eigenvalue weighted by Crippen LogP contribution is -2.34. The van der Waals surface area contributed by atoms with Crippen molar-refractivity contribution in [3.63, 3.8) is 0 Å². The number of nitrogens with one attached hydrogen (secondary N) is 2. The smallest absolute Gasteiger partial charge is 0.274 e. The number of nitrogens with zero attached hydrogens (tertiary/aromatic N) is 1. The van der Waals surface area contributed by atoms with Gasteiger partial charge in [-0.1, -0.05) is 43.9 Å². The normalized spacial score (nSPS) is 15.0. The van der Waals surface area contributed by atoms with Gasteiger partial charge < -0.3 is 10.6 Å². The Morgan fingerprint density at radius 2 is 1.63 bits per heavy atom. The molecule has 2 aromatic rings. The molecule has 0 radical (unpaired) electrons. The highest BCUT2D eigenvalue weighted by atomic mass is 16.2. The molecule has 0 atom stereocenters. The van der Waals surface area contributed by atoms with E-state index in [0.717, 1.165) is 42.5 Å². The van der Waals surface area contributed by atoms with Crippen molar-refractivity contribution in [2.75, 3.05) is 5.32 Å². The van der Waals surface area contributed by atoms with Crippen LogP contribution in [0.2, 0.25) is 0 Å². The number of aryl methyl sites for hydroxylation is 2. The third-order valence-corrected chi connectivity index (χ3v) is 5.16. The molecule has 5 nitrogen and oxygen atoms in total. The maximum absolute atomic E-state index is 12.6. The van der Waals surface area contributed by atoms with Crippen LogP contribution in [0.4, 0.5) is 5.69 Å². The molecule has 1 heterocycles. The summed E-state index contributed by atoms with van der Waals surface area (Å²) in [6, 6.07) is 9.30. The summed E-state index contributed by atoms with van der Waals surface area (Å²) in [6.07, 6.45) is 8.36. The van der Waals surface area contributed by atoms with E-state index in [-0.39, 0.29) is 23.6 Å². The molecule has 0 aliphatic heterocycles. The molecule has 0 saturated heterocycles. The van der Waals surface area contributed by atoms with E-state index in [9.17, 15) is 9.59 Å². The number of anilines is 1. The highest BCUT2D eigenvalue weighted by molar-refractivity contribution is 6.05. The summed E-state index contributed by atoms with van der Waals surface area (Å²) in [5.41, 5.74) is 3.49. The SMILES string of the molecule is Cc1cccc(C)c1NC(=O)c1cc(C(=O)NC2CCCCCC2)ccn1. The molecule has 1 fully saturated rings. The molecule has 5 heteroatoms. The van der Waals surface area contributed by atoms with E-state index < -0.39 is 0 Å². The average molecular weight is 365 g/mol. The van der Waals surface area contributed by atoms with Crippen molar-refractivity contribution in [2.45, 2.75) is 58.4 Å². The second-order valence-corrected chi connectivity index (χ2v) is 7.31. The fraction of sp³-hybridized carbons (Fsp3) is 0.409. The Hall–Kier alpha value is -2.69. The van der Waals surface area contributed by atoms with Crippen molar-refractivity contribution >= 4 is 17.5 Å². The van der Waals surface area contributed by atoms with Gasteiger partial charge in [0.25, 0.3) is 11.8 Å². The zero-order valence-electron chi connectivity index (χ0n) is 16.0. The van der Waals surface area contributed by atoms with Gasteiger partial charge in [0, 0.05) is 23.5 Å². The van der Waals surface area contributed by atoms with Crippen LogP contribution in [0.1, 0.15) is 70.5 Å². The number of benzene rings is 1. The lowest BCUT2D eigenvalue weighted by molar-refractivity contribution is 0.0933. The van der Waals surface area contributed by atoms with E-state index in [4.69, 9.17) is 0 Å². The number of carbonyl (C=O) groups excluding carboxylic acids is 2. The van der Waals surface area contributed by atoms with E-state index in [1.165, 1.54) is 19.0 Å². The molecule has 0 bridgehead atoms. The molecule has 1 saturated carbocycles. The molecule has 142 valence electrons. The first-order valence-electron chi connectivity index (χ1n) is 9.69. The summed E-state index contributed by atoms with van der Waals surface area (Å²) in [7, 11) is 0. The first-order valence-corrected chi connectivity index (χ1v) is 9.69. The monoisotopic (exact) mass is 365 g/mol. The van der Waals surface area contributed by atoms with Crippen LogP contribution < -0.4 is 10.6 Å². The molecule has 0 unspecified atom stereocenters. The Kier molecular flexibility index (Phi) is 6.22. The molecule has 1 aromatic carbocycles. The molecule has 2 N–H and O–H groups in total. The van der Waals surface area contributed by atoms with Crippen molar-refractivity contribution in [1.29, 1.82) is 0 Å². The molecular formula is C22H27N3O2. The number of aromatic nitrogens is 1. The number of para-hydroxylation sites is 1. The minimum Gasteiger partial charge on any atom is -0.349 e. The predicted octanol–water partition coefficient (Wildman–Crippen LogP) is 4.40. The zero-order valence-corrected chi connectivity index (χ0v) is 16.0. The Balaban J connectivity index is 1.70. The fourth-order valence-electron chi connectivity index (χ4n) is 3.58. The number of rotatable bonds is 4. The van der Waals surface area contributed by atoms with Gasteiger partial charge in [-0.3, -0.25) is 14.6 Å². The van der Waals surface area contributed by atoms with Crippen molar-refractivity contribution < 1.29 is 9.59 Å². The van der Waals surface area contributed by atoms with E-state index in [0.29, 0.717) is 5.56 Å². The summed E-state index contributed by atoms with van der Waals surface area (Å²) in [5.74, 6) is -0.443. The third kappa shape index (κ3) is 4.94. The Morgan fingerprint density at radius 3 is 2.30 bits per heavy atom. The molecule has 3 rings (SSSR count). The van der Waals surface area contributed by atoms with Gasteiger partial charge in [0.15, 0.2) is 0 Å². The maximum Gasteiger partial charge on any atom is 0.274 e. The largest absolute Gasteiger partial charge is 0.349 e. The minimum atomic E-state index is -0.309. The van der Waals surface area contributed by atoms with Gasteiger partial charge in [-0.15, -0.1) is 0 Å². The van der Waals surface area contributed by atoms with Crippen LogP contribution >= 0.6 is 0 Å². The number of amides is 2. The zero-order chi connectivity index (χ0) is 19.2. The first-order chi connectivity index (χ1) is 13.0. The number of hydrogen-bond acceptors (Lipinski definition) is 3.